The number of rotatable bonds is 3. The average Bonchev–Trinajstić information content (AvgIpc) is 2.63. The Morgan fingerprint density at radius 1 is 1.12 bits per heavy atom. The summed E-state index contributed by atoms with van der Waals surface area (Å²) < 4.78 is 1.62. The lowest BCUT2D eigenvalue weighted by Crippen LogP contribution is -2.55. The minimum Gasteiger partial charge on any atom is -0.370 e. The van der Waals surface area contributed by atoms with Crippen LogP contribution in [-0.4, -0.2) is 54.6 Å². The van der Waals surface area contributed by atoms with Crippen molar-refractivity contribution in [2.24, 2.45) is 5.92 Å². The number of amides is 1. The zero-order valence-corrected chi connectivity index (χ0v) is 15.6. The number of hydrogen-bond donors (Lipinski definition) is 1. The van der Waals surface area contributed by atoms with E-state index >= 15 is 0 Å². The second kappa shape index (κ2) is 7.20. The number of piperazine rings is 1. The lowest BCUT2D eigenvalue weighted by atomic mass is 9.98. The largest absolute Gasteiger partial charge is 0.370 e. The van der Waals surface area contributed by atoms with Crippen LogP contribution in [0.25, 0.3) is 0 Å². The summed E-state index contributed by atoms with van der Waals surface area (Å²) in [6.45, 7) is 11.0. The molecule has 6 nitrogen and oxygen atoms in total. The Morgan fingerprint density at radius 3 is 2.40 bits per heavy atom. The van der Waals surface area contributed by atoms with Crippen LogP contribution in [0.2, 0.25) is 0 Å². The van der Waals surface area contributed by atoms with Crippen molar-refractivity contribution >= 4 is 11.6 Å². The zero-order valence-electron chi connectivity index (χ0n) is 15.6. The number of aromatic nitrogens is 1. The van der Waals surface area contributed by atoms with Crippen molar-refractivity contribution in [1.82, 2.24) is 14.8 Å². The summed E-state index contributed by atoms with van der Waals surface area (Å²) >= 11 is 0. The molecule has 0 unspecified atom stereocenters. The lowest BCUT2D eigenvalue weighted by Gasteiger charge is -2.37. The summed E-state index contributed by atoms with van der Waals surface area (Å²) in [5.41, 5.74) is 0.0309. The van der Waals surface area contributed by atoms with Gasteiger partial charge in [0.15, 0.2) is 0 Å². The summed E-state index contributed by atoms with van der Waals surface area (Å²) in [5, 5.41) is 3.26. The van der Waals surface area contributed by atoms with Gasteiger partial charge < -0.3 is 15.1 Å². The van der Waals surface area contributed by atoms with Crippen molar-refractivity contribution in [2.75, 3.05) is 44.2 Å². The van der Waals surface area contributed by atoms with E-state index in [9.17, 15) is 9.59 Å². The molecule has 2 aliphatic rings. The third kappa shape index (κ3) is 3.73. The molecule has 3 rings (SSSR count). The van der Waals surface area contributed by atoms with E-state index in [-0.39, 0.29) is 11.5 Å². The van der Waals surface area contributed by atoms with Crippen LogP contribution in [0.15, 0.2) is 23.1 Å². The first-order valence-electron chi connectivity index (χ1n) is 9.38. The highest BCUT2D eigenvalue weighted by atomic mass is 16.2. The van der Waals surface area contributed by atoms with Crippen LogP contribution < -0.4 is 15.8 Å². The van der Waals surface area contributed by atoms with Crippen molar-refractivity contribution in [3.05, 3.63) is 28.7 Å². The number of carbonyl (C=O) groups is 1. The Morgan fingerprint density at radius 2 is 1.76 bits per heavy atom. The maximum atomic E-state index is 13.0. The molecule has 0 aromatic carbocycles. The van der Waals surface area contributed by atoms with Crippen molar-refractivity contribution < 1.29 is 4.79 Å². The smallest absolute Gasteiger partial charge is 0.251 e. The minimum atomic E-state index is -0.881. The number of anilines is 1. The molecule has 2 fully saturated rings. The first kappa shape index (κ1) is 18.0. The second-order valence-corrected chi connectivity index (χ2v) is 7.87. The van der Waals surface area contributed by atoms with Crippen LogP contribution in [0, 0.1) is 5.92 Å². The van der Waals surface area contributed by atoms with Crippen molar-refractivity contribution in [1.29, 1.82) is 0 Å². The van der Waals surface area contributed by atoms with Gasteiger partial charge in [-0.2, -0.15) is 0 Å². The van der Waals surface area contributed by atoms with E-state index in [4.69, 9.17) is 0 Å². The molecule has 0 spiro atoms. The molecular formula is C19H30N4O2. The van der Waals surface area contributed by atoms with E-state index in [1.165, 1.54) is 12.8 Å². The SMILES string of the molecule is CC1CCN(c2ccc(=O)n(C(C)(C)C(=O)N3CCNCC3)c2)CC1. The predicted molar refractivity (Wildman–Crippen MR) is 100 cm³/mol. The fourth-order valence-electron chi connectivity index (χ4n) is 3.72. The fourth-order valence-corrected chi connectivity index (χ4v) is 3.72. The maximum absolute atomic E-state index is 13.0. The molecule has 25 heavy (non-hydrogen) atoms. The van der Waals surface area contributed by atoms with E-state index in [2.05, 4.69) is 17.1 Å². The van der Waals surface area contributed by atoms with E-state index in [1.54, 1.807) is 10.6 Å². The van der Waals surface area contributed by atoms with Gasteiger partial charge in [0.2, 0.25) is 5.91 Å². The first-order chi connectivity index (χ1) is 11.9. The maximum Gasteiger partial charge on any atom is 0.251 e. The third-order valence-corrected chi connectivity index (χ3v) is 5.57. The summed E-state index contributed by atoms with van der Waals surface area (Å²) in [4.78, 5) is 29.7. The Hall–Kier alpha value is -1.82. The second-order valence-electron chi connectivity index (χ2n) is 7.87. The van der Waals surface area contributed by atoms with Crippen molar-refractivity contribution in [3.8, 4) is 0 Å². The molecule has 0 bridgehead atoms. The van der Waals surface area contributed by atoms with E-state index < -0.39 is 5.54 Å². The highest BCUT2D eigenvalue weighted by Crippen LogP contribution is 2.24. The molecule has 138 valence electrons. The highest BCUT2D eigenvalue weighted by molar-refractivity contribution is 5.84. The molecule has 1 amide bonds. The number of nitrogens with one attached hydrogen (secondary N) is 1. The topological polar surface area (TPSA) is 57.6 Å². The summed E-state index contributed by atoms with van der Waals surface area (Å²) in [7, 11) is 0. The van der Waals surface area contributed by atoms with Crippen LogP contribution in [0.3, 0.4) is 0 Å². The molecule has 2 saturated heterocycles. The number of pyridine rings is 1. The predicted octanol–water partition coefficient (Wildman–Crippen LogP) is 1.25. The van der Waals surface area contributed by atoms with Gasteiger partial charge in [0.05, 0.1) is 5.69 Å². The first-order valence-corrected chi connectivity index (χ1v) is 9.38. The Balaban J connectivity index is 1.85. The van der Waals surface area contributed by atoms with Crippen molar-refractivity contribution in [3.63, 3.8) is 0 Å². The molecule has 1 N–H and O–H groups in total. The van der Waals surface area contributed by atoms with Gasteiger partial charge in [-0.1, -0.05) is 6.92 Å². The highest BCUT2D eigenvalue weighted by Gasteiger charge is 2.35. The molecule has 0 radical (unpaired) electrons. The molecule has 0 saturated carbocycles. The van der Waals surface area contributed by atoms with Gasteiger partial charge in [0.25, 0.3) is 5.56 Å². The van der Waals surface area contributed by atoms with Gasteiger partial charge in [0, 0.05) is 51.5 Å². The van der Waals surface area contributed by atoms with Crippen LogP contribution in [0.1, 0.15) is 33.6 Å². The van der Waals surface area contributed by atoms with E-state index in [0.29, 0.717) is 13.1 Å². The van der Waals surface area contributed by atoms with Crippen LogP contribution >= 0.6 is 0 Å². The molecule has 1 aromatic heterocycles. The molecule has 2 aliphatic heterocycles. The average molecular weight is 346 g/mol. The van der Waals surface area contributed by atoms with E-state index in [0.717, 1.165) is 37.8 Å². The van der Waals surface area contributed by atoms with Gasteiger partial charge in [0.1, 0.15) is 5.54 Å². The van der Waals surface area contributed by atoms with Gasteiger partial charge in [-0.25, -0.2) is 0 Å². The van der Waals surface area contributed by atoms with E-state index in [1.807, 2.05) is 31.0 Å². The van der Waals surface area contributed by atoms with Gasteiger partial charge in [-0.3, -0.25) is 14.2 Å². The summed E-state index contributed by atoms with van der Waals surface area (Å²) in [5.74, 6) is 0.772. The summed E-state index contributed by atoms with van der Waals surface area (Å²) in [6.07, 6.45) is 4.21. The summed E-state index contributed by atoms with van der Waals surface area (Å²) in [6, 6.07) is 3.49. The Kier molecular flexibility index (Phi) is 5.18. The van der Waals surface area contributed by atoms with Gasteiger partial charge in [-0.05, 0) is 38.7 Å². The molecule has 0 aliphatic carbocycles. The molecule has 3 heterocycles. The van der Waals surface area contributed by atoms with Gasteiger partial charge in [-0.15, -0.1) is 0 Å². The zero-order chi connectivity index (χ0) is 18.0. The number of carbonyl (C=O) groups excluding carboxylic acids is 1. The fraction of sp³-hybridized carbons (Fsp3) is 0.684. The molecule has 0 atom stereocenters. The Labute approximate surface area is 149 Å². The van der Waals surface area contributed by atoms with Crippen molar-refractivity contribution in [2.45, 2.75) is 39.2 Å². The lowest BCUT2D eigenvalue weighted by molar-refractivity contribution is -0.140. The minimum absolute atomic E-state index is 0.0144. The van der Waals surface area contributed by atoms with Crippen LogP contribution in [-0.2, 0) is 10.3 Å². The number of hydrogen-bond acceptors (Lipinski definition) is 4. The molecule has 6 heteroatoms. The monoisotopic (exact) mass is 346 g/mol. The number of piperidine rings is 1. The number of nitrogens with zero attached hydrogens (tertiary/aromatic N) is 3. The normalized spacial score (nSPS) is 20.0. The van der Waals surface area contributed by atoms with Gasteiger partial charge >= 0.3 is 0 Å². The standard InChI is InChI=1S/C19H30N4O2/c1-15-6-10-21(11-7-15)16-4-5-17(24)23(14-16)19(2,3)18(25)22-12-8-20-9-13-22/h4-5,14-15,20H,6-13H2,1-3H3. The van der Waals surface area contributed by atoms with Crippen LogP contribution in [0.5, 0.6) is 0 Å². The molecular weight excluding hydrogens is 316 g/mol. The quantitative estimate of drug-likeness (QED) is 0.895. The van der Waals surface area contributed by atoms with Crippen LogP contribution in [0.4, 0.5) is 5.69 Å². The third-order valence-electron chi connectivity index (χ3n) is 5.57. The molecule has 1 aromatic rings. The Bertz CT molecular complexity index is 668.